The molecule has 1 fully saturated rings. The van der Waals surface area contributed by atoms with Gasteiger partial charge in [-0.3, -0.25) is 9.59 Å². The van der Waals surface area contributed by atoms with Gasteiger partial charge in [0.05, 0.1) is 17.6 Å². The summed E-state index contributed by atoms with van der Waals surface area (Å²) in [6.45, 7) is 7.05. The normalized spacial score (nSPS) is 14.1. The van der Waals surface area contributed by atoms with Gasteiger partial charge in [-0.2, -0.15) is 5.10 Å². The smallest absolute Gasteiger partial charge is 0.262 e. The van der Waals surface area contributed by atoms with E-state index in [2.05, 4.69) is 39.0 Å². The van der Waals surface area contributed by atoms with E-state index in [1.807, 2.05) is 48.2 Å². The second-order valence-electron chi connectivity index (χ2n) is 8.43. The summed E-state index contributed by atoms with van der Waals surface area (Å²) in [5.41, 5.74) is 4.58. The maximum absolute atomic E-state index is 12.8. The van der Waals surface area contributed by atoms with Crippen LogP contribution in [-0.4, -0.2) is 62.5 Å². The fourth-order valence-corrected chi connectivity index (χ4v) is 4.85. The number of H-pyrrole nitrogens is 1. The lowest BCUT2D eigenvalue weighted by atomic mass is 10.1. The van der Waals surface area contributed by atoms with Crippen molar-refractivity contribution >= 4 is 34.4 Å². The van der Waals surface area contributed by atoms with E-state index in [4.69, 9.17) is 0 Å². The van der Waals surface area contributed by atoms with Crippen LogP contribution in [0.3, 0.4) is 0 Å². The number of nitrogens with one attached hydrogen (secondary N) is 1. The van der Waals surface area contributed by atoms with Gasteiger partial charge in [0.15, 0.2) is 10.8 Å². The van der Waals surface area contributed by atoms with Gasteiger partial charge in [0.2, 0.25) is 5.91 Å². The summed E-state index contributed by atoms with van der Waals surface area (Å²) in [6, 6.07) is 16.3. The Balaban J connectivity index is 1.27. The van der Waals surface area contributed by atoms with Crippen LogP contribution in [0.1, 0.15) is 11.1 Å². The highest BCUT2D eigenvalue weighted by Crippen LogP contribution is 2.21. The van der Waals surface area contributed by atoms with Gasteiger partial charge in [-0.25, -0.2) is 9.67 Å². The fraction of sp³-hybridized carbons (Fsp3) is 0.280. The molecule has 1 aliphatic heterocycles. The van der Waals surface area contributed by atoms with Crippen molar-refractivity contribution in [3.05, 3.63) is 76.2 Å². The molecule has 0 saturated carbocycles. The SMILES string of the molecule is Cc1ccc(-n2ncc3c(=O)[nH]c(SCC(=O)N4CCN(c5ccccc5)CC4)nc32)cc1C. The number of aromatic amines is 1. The number of piperazine rings is 1. The molecule has 34 heavy (non-hydrogen) atoms. The topological polar surface area (TPSA) is 87.1 Å². The zero-order valence-corrected chi connectivity index (χ0v) is 20.0. The lowest BCUT2D eigenvalue weighted by Gasteiger charge is -2.36. The van der Waals surface area contributed by atoms with Crippen LogP contribution in [0.25, 0.3) is 16.7 Å². The number of amides is 1. The van der Waals surface area contributed by atoms with E-state index in [0.717, 1.165) is 24.3 Å². The summed E-state index contributed by atoms with van der Waals surface area (Å²) >= 11 is 1.25. The molecule has 1 amide bonds. The standard InChI is InChI=1S/C25H26N6O2S/c1-17-8-9-20(14-18(17)2)31-23-21(15-26-31)24(33)28-25(27-23)34-16-22(32)30-12-10-29(11-13-30)19-6-4-3-5-7-19/h3-9,14-15H,10-13,16H2,1-2H3,(H,27,28,33). The molecule has 0 radical (unpaired) electrons. The molecule has 0 spiro atoms. The number of carbonyl (C=O) groups is 1. The second-order valence-corrected chi connectivity index (χ2v) is 9.39. The van der Waals surface area contributed by atoms with Crippen LogP contribution in [0.4, 0.5) is 5.69 Å². The van der Waals surface area contributed by atoms with Crippen LogP contribution in [0.5, 0.6) is 0 Å². The quantitative estimate of drug-likeness (QED) is 0.353. The van der Waals surface area contributed by atoms with E-state index < -0.39 is 0 Å². The monoisotopic (exact) mass is 474 g/mol. The summed E-state index contributed by atoms with van der Waals surface area (Å²) in [7, 11) is 0. The third-order valence-electron chi connectivity index (χ3n) is 6.24. The summed E-state index contributed by atoms with van der Waals surface area (Å²) in [6.07, 6.45) is 1.53. The van der Waals surface area contributed by atoms with Crippen molar-refractivity contribution < 1.29 is 4.79 Å². The Morgan fingerprint density at radius 1 is 1.00 bits per heavy atom. The number of aryl methyl sites for hydroxylation is 2. The number of hydrogen-bond donors (Lipinski definition) is 1. The first-order chi connectivity index (χ1) is 16.5. The Kier molecular flexibility index (Phi) is 6.10. The van der Waals surface area contributed by atoms with Gasteiger partial charge in [-0.15, -0.1) is 0 Å². The number of benzene rings is 2. The van der Waals surface area contributed by atoms with E-state index in [0.29, 0.717) is 29.3 Å². The first kappa shape index (κ1) is 22.2. The molecular weight excluding hydrogens is 448 g/mol. The molecule has 1 aliphatic rings. The lowest BCUT2D eigenvalue weighted by molar-refractivity contribution is -0.128. The molecule has 8 nitrogen and oxygen atoms in total. The summed E-state index contributed by atoms with van der Waals surface area (Å²) < 4.78 is 1.67. The summed E-state index contributed by atoms with van der Waals surface area (Å²) in [4.78, 5) is 37.0. The van der Waals surface area contributed by atoms with E-state index in [1.54, 1.807) is 4.68 Å². The number of carbonyl (C=O) groups excluding carboxylic acids is 1. The zero-order chi connectivity index (χ0) is 23.7. The van der Waals surface area contributed by atoms with Crippen molar-refractivity contribution in [1.29, 1.82) is 0 Å². The second kappa shape index (κ2) is 9.34. The molecule has 3 heterocycles. The number of thioether (sulfide) groups is 1. The maximum Gasteiger partial charge on any atom is 0.262 e. The van der Waals surface area contributed by atoms with E-state index in [-0.39, 0.29) is 17.2 Å². The molecule has 2 aromatic heterocycles. The highest BCUT2D eigenvalue weighted by atomic mass is 32.2. The third kappa shape index (κ3) is 4.43. The molecule has 2 aromatic carbocycles. The van der Waals surface area contributed by atoms with Crippen molar-refractivity contribution in [2.45, 2.75) is 19.0 Å². The molecule has 174 valence electrons. The average Bonchev–Trinajstić information content (AvgIpc) is 3.29. The molecule has 0 unspecified atom stereocenters. The van der Waals surface area contributed by atoms with Crippen LogP contribution in [-0.2, 0) is 4.79 Å². The lowest BCUT2D eigenvalue weighted by Crippen LogP contribution is -2.49. The molecule has 9 heteroatoms. The summed E-state index contributed by atoms with van der Waals surface area (Å²) in [5.74, 6) is 0.264. The highest BCUT2D eigenvalue weighted by Gasteiger charge is 2.22. The molecule has 1 N–H and O–H groups in total. The predicted octanol–water partition coefficient (Wildman–Crippen LogP) is 3.17. The van der Waals surface area contributed by atoms with Gasteiger partial charge in [0.25, 0.3) is 5.56 Å². The van der Waals surface area contributed by atoms with Crippen molar-refractivity contribution in [2.75, 3.05) is 36.8 Å². The number of hydrogen-bond acceptors (Lipinski definition) is 6. The highest BCUT2D eigenvalue weighted by molar-refractivity contribution is 7.99. The minimum atomic E-state index is -0.258. The molecule has 0 atom stereocenters. The Labute approximate surface area is 201 Å². The van der Waals surface area contributed by atoms with Gasteiger partial charge in [0, 0.05) is 31.9 Å². The van der Waals surface area contributed by atoms with Crippen LogP contribution >= 0.6 is 11.8 Å². The Morgan fingerprint density at radius 3 is 2.50 bits per heavy atom. The van der Waals surface area contributed by atoms with Gasteiger partial charge < -0.3 is 14.8 Å². The Hall–Kier alpha value is -3.59. The average molecular weight is 475 g/mol. The predicted molar refractivity (Wildman–Crippen MR) is 135 cm³/mol. The Bertz CT molecular complexity index is 1390. The number of fused-ring (bicyclic) bond motifs is 1. The first-order valence-corrected chi connectivity index (χ1v) is 12.2. The minimum absolute atomic E-state index is 0.0446. The van der Waals surface area contributed by atoms with Crippen LogP contribution in [0.2, 0.25) is 0 Å². The van der Waals surface area contributed by atoms with Gasteiger partial charge in [-0.05, 0) is 49.2 Å². The first-order valence-electron chi connectivity index (χ1n) is 11.3. The van der Waals surface area contributed by atoms with E-state index in [9.17, 15) is 9.59 Å². The number of anilines is 1. The van der Waals surface area contributed by atoms with Crippen LogP contribution in [0, 0.1) is 13.8 Å². The number of rotatable bonds is 5. The third-order valence-corrected chi connectivity index (χ3v) is 7.10. The Morgan fingerprint density at radius 2 is 1.76 bits per heavy atom. The zero-order valence-electron chi connectivity index (χ0n) is 19.2. The van der Waals surface area contributed by atoms with Crippen molar-refractivity contribution in [1.82, 2.24) is 24.6 Å². The number of nitrogens with zero attached hydrogens (tertiary/aromatic N) is 5. The van der Waals surface area contributed by atoms with Gasteiger partial charge >= 0.3 is 0 Å². The van der Waals surface area contributed by atoms with Crippen molar-refractivity contribution in [3.8, 4) is 5.69 Å². The fourth-order valence-electron chi connectivity index (χ4n) is 4.09. The van der Waals surface area contributed by atoms with Gasteiger partial charge in [-0.1, -0.05) is 36.0 Å². The van der Waals surface area contributed by atoms with Crippen molar-refractivity contribution in [2.24, 2.45) is 0 Å². The molecule has 0 aliphatic carbocycles. The maximum atomic E-state index is 12.8. The minimum Gasteiger partial charge on any atom is -0.368 e. The molecular formula is C25H26N6O2S. The molecule has 4 aromatic rings. The molecule has 0 bridgehead atoms. The van der Waals surface area contributed by atoms with Crippen LogP contribution < -0.4 is 10.5 Å². The van der Waals surface area contributed by atoms with E-state index >= 15 is 0 Å². The number of para-hydroxylation sites is 1. The number of aromatic nitrogens is 4. The van der Waals surface area contributed by atoms with Crippen LogP contribution in [0.15, 0.2) is 64.7 Å². The molecule has 1 saturated heterocycles. The van der Waals surface area contributed by atoms with E-state index in [1.165, 1.54) is 29.2 Å². The van der Waals surface area contributed by atoms with Crippen molar-refractivity contribution in [3.63, 3.8) is 0 Å². The summed E-state index contributed by atoms with van der Waals surface area (Å²) in [5, 5.41) is 5.22. The molecule has 5 rings (SSSR count). The van der Waals surface area contributed by atoms with Gasteiger partial charge in [0.1, 0.15) is 5.39 Å². The largest absolute Gasteiger partial charge is 0.368 e.